The maximum atomic E-state index is 11.9. The topological polar surface area (TPSA) is 43.4 Å². The van der Waals surface area contributed by atoms with E-state index in [4.69, 9.17) is 4.74 Å². The molecular weight excluding hydrogens is 252 g/mol. The summed E-state index contributed by atoms with van der Waals surface area (Å²) >= 11 is 0. The van der Waals surface area contributed by atoms with E-state index in [1.165, 1.54) is 0 Å². The Morgan fingerprint density at radius 3 is 2.15 bits per heavy atom. The minimum atomic E-state index is -0.319. The molecule has 0 saturated carbocycles. The maximum absolute atomic E-state index is 11.9. The normalized spacial score (nSPS) is 10.5. The van der Waals surface area contributed by atoms with Gasteiger partial charge >= 0.3 is 5.97 Å². The fourth-order valence-corrected chi connectivity index (χ4v) is 2.13. The van der Waals surface area contributed by atoms with Crippen molar-refractivity contribution in [3.63, 3.8) is 0 Å². The highest BCUT2D eigenvalue weighted by Crippen LogP contribution is 2.19. The van der Waals surface area contributed by atoms with Crippen molar-refractivity contribution in [1.29, 1.82) is 0 Å². The van der Waals surface area contributed by atoms with Crippen molar-refractivity contribution in [2.45, 2.75) is 26.7 Å². The van der Waals surface area contributed by atoms with E-state index in [0.717, 1.165) is 22.8 Å². The van der Waals surface area contributed by atoms with Crippen LogP contribution in [0.1, 0.15) is 47.4 Å². The van der Waals surface area contributed by atoms with E-state index in [0.29, 0.717) is 18.6 Å². The second-order valence-electron chi connectivity index (χ2n) is 4.67. The lowest BCUT2D eigenvalue weighted by molar-refractivity contribution is 0.0526. The highest BCUT2D eigenvalue weighted by molar-refractivity contribution is 6.01. The second-order valence-corrected chi connectivity index (χ2v) is 4.67. The molecule has 0 N–H and O–H groups in total. The van der Waals surface area contributed by atoms with Crippen LogP contribution in [0.3, 0.4) is 0 Å². The molecule has 0 amide bonds. The van der Waals surface area contributed by atoms with Gasteiger partial charge in [-0.3, -0.25) is 4.79 Å². The van der Waals surface area contributed by atoms with Gasteiger partial charge in [-0.1, -0.05) is 25.1 Å². The Hall–Kier alpha value is -2.16. The van der Waals surface area contributed by atoms with Gasteiger partial charge in [-0.05, 0) is 42.3 Å². The van der Waals surface area contributed by atoms with Crippen LogP contribution in [0, 0.1) is 0 Å². The fraction of sp³-hybridized carbons (Fsp3) is 0.294. The average molecular weight is 270 g/mol. The lowest BCUT2D eigenvalue weighted by Crippen LogP contribution is -2.04. The number of fused-ring (bicyclic) bond motifs is 1. The molecule has 0 spiro atoms. The quantitative estimate of drug-likeness (QED) is 0.609. The van der Waals surface area contributed by atoms with E-state index in [-0.39, 0.29) is 11.8 Å². The van der Waals surface area contributed by atoms with Crippen LogP contribution in [-0.4, -0.2) is 18.4 Å². The van der Waals surface area contributed by atoms with E-state index in [2.05, 4.69) is 0 Å². The summed E-state index contributed by atoms with van der Waals surface area (Å²) in [7, 11) is 0. The van der Waals surface area contributed by atoms with E-state index < -0.39 is 0 Å². The molecule has 0 heterocycles. The Kier molecular flexibility index (Phi) is 4.51. The number of carbonyl (C=O) groups excluding carboxylic acids is 2. The molecule has 0 bridgehead atoms. The zero-order chi connectivity index (χ0) is 14.5. The number of hydrogen-bond acceptors (Lipinski definition) is 3. The molecule has 0 aromatic heterocycles. The zero-order valence-corrected chi connectivity index (χ0v) is 11.8. The summed E-state index contributed by atoms with van der Waals surface area (Å²) in [6.07, 6.45) is 1.41. The number of carbonyl (C=O) groups is 2. The van der Waals surface area contributed by atoms with E-state index in [1.807, 2.05) is 31.2 Å². The van der Waals surface area contributed by atoms with Crippen LogP contribution in [0.25, 0.3) is 10.8 Å². The molecule has 2 aromatic rings. The van der Waals surface area contributed by atoms with Crippen LogP contribution in [-0.2, 0) is 4.74 Å². The Morgan fingerprint density at radius 1 is 0.950 bits per heavy atom. The van der Waals surface area contributed by atoms with Crippen molar-refractivity contribution in [3.8, 4) is 0 Å². The van der Waals surface area contributed by atoms with E-state index in [9.17, 15) is 9.59 Å². The number of benzene rings is 2. The first kappa shape index (κ1) is 14.3. The summed E-state index contributed by atoms with van der Waals surface area (Å²) in [6, 6.07) is 10.9. The summed E-state index contributed by atoms with van der Waals surface area (Å²) in [5.74, 6) is -0.163. The van der Waals surface area contributed by atoms with Crippen molar-refractivity contribution in [2.75, 3.05) is 6.61 Å². The maximum Gasteiger partial charge on any atom is 0.338 e. The van der Waals surface area contributed by atoms with Crippen molar-refractivity contribution in [2.24, 2.45) is 0 Å². The molecule has 0 saturated heterocycles. The standard InChI is InChI=1S/C17H18O3/c1-3-5-16(18)14-8-6-13-11-15(17(19)20-4-2)9-7-12(13)10-14/h6-11H,3-5H2,1-2H3. The molecule has 0 aliphatic carbocycles. The summed E-state index contributed by atoms with van der Waals surface area (Å²) < 4.78 is 4.98. The lowest BCUT2D eigenvalue weighted by Gasteiger charge is -2.05. The van der Waals surface area contributed by atoms with Gasteiger partial charge in [0.05, 0.1) is 12.2 Å². The van der Waals surface area contributed by atoms with E-state index >= 15 is 0 Å². The van der Waals surface area contributed by atoms with Crippen LogP contribution in [0.5, 0.6) is 0 Å². The van der Waals surface area contributed by atoms with Gasteiger partial charge < -0.3 is 4.74 Å². The van der Waals surface area contributed by atoms with Gasteiger partial charge in [-0.25, -0.2) is 4.79 Å². The predicted molar refractivity (Wildman–Crippen MR) is 79.1 cm³/mol. The first-order valence-corrected chi connectivity index (χ1v) is 6.89. The van der Waals surface area contributed by atoms with Crippen LogP contribution in [0.15, 0.2) is 36.4 Å². The van der Waals surface area contributed by atoms with Gasteiger partial charge in [-0.15, -0.1) is 0 Å². The third-order valence-corrected chi connectivity index (χ3v) is 3.15. The largest absolute Gasteiger partial charge is 0.462 e. The van der Waals surface area contributed by atoms with Gasteiger partial charge in [0.1, 0.15) is 0 Å². The fourth-order valence-electron chi connectivity index (χ4n) is 2.13. The molecule has 0 aliphatic heterocycles. The minimum absolute atomic E-state index is 0.156. The first-order chi connectivity index (χ1) is 9.65. The van der Waals surface area contributed by atoms with Crippen molar-refractivity contribution >= 4 is 22.5 Å². The van der Waals surface area contributed by atoms with E-state index in [1.54, 1.807) is 19.1 Å². The summed E-state index contributed by atoms with van der Waals surface area (Å²) in [5.41, 5.74) is 1.26. The Bertz CT molecular complexity index is 586. The molecule has 2 aromatic carbocycles. The van der Waals surface area contributed by atoms with Crippen molar-refractivity contribution in [3.05, 3.63) is 47.5 Å². The van der Waals surface area contributed by atoms with Gasteiger partial charge in [0.25, 0.3) is 0 Å². The summed E-state index contributed by atoms with van der Waals surface area (Å²) in [4.78, 5) is 23.5. The monoisotopic (exact) mass is 270 g/mol. The Labute approximate surface area is 118 Å². The molecule has 0 atom stereocenters. The molecule has 3 nitrogen and oxygen atoms in total. The lowest BCUT2D eigenvalue weighted by atomic mass is 10.0. The molecule has 20 heavy (non-hydrogen) atoms. The number of ether oxygens (including phenoxy) is 1. The van der Waals surface area contributed by atoms with Gasteiger partial charge in [0.2, 0.25) is 0 Å². The molecule has 0 radical (unpaired) electrons. The number of hydrogen-bond donors (Lipinski definition) is 0. The molecule has 0 unspecified atom stereocenters. The van der Waals surface area contributed by atoms with Gasteiger partial charge in [0, 0.05) is 12.0 Å². The zero-order valence-electron chi connectivity index (χ0n) is 11.8. The van der Waals surface area contributed by atoms with Gasteiger partial charge in [0.15, 0.2) is 5.78 Å². The third-order valence-electron chi connectivity index (χ3n) is 3.15. The average Bonchev–Trinajstić information content (AvgIpc) is 2.46. The SMILES string of the molecule is CCCC(=O)c1ccc2cc(C(=O)OCC)ccc2c1. The predicted octanol–water partition coefficient (Wildman–Crippen LogP) is 4.00. The Balaban J connectivity index is 2.34. The molecule has 3 heteroatoms. The van der Waals surface area contributed by atoms with Crippen LogP contribution in [0.2, 0.25) is 0 Å². The number of rotatable bonds is 5. The molecular formula is C17H18O3. The third kappa shape index (κ3) is 3.05. The number of esters is 1. The minimum Gasteiger partial charge on any atom is -0.462 e. The molecule has 0 aliphatic rings. The highest BCUT2D eigenvalue weighted by atomic mass is 16.5. The second kappa shape index (κ2) is 6.33. The van der Waals surface area contributed by atoms with Crippen LogP contribution < -0.4 is 0 Å². The summed E-state index contributed by atoms with van der Waals surface area (Å²) in [6.45, 7) is 4.14. The number of ketones is 1. The molecule has 0 fully saturated rings. The highest BCUT2D eigenvalue weighted by Gasteiger charge is 2.09. The smallest absolute Gasteiger partial charge is 0.338 e. The Morgan fingerprint density at radius 2 is 1.55 bits per heavy atom. The van der Waals surface area contributed by atoms with Crippen LogP contribution >= 0.6 is 0 Å². The van der Waals surface area contributed by atoms with Crippen molar-refractivity contribution < 1.29 is 14.3 Å². The molecule has 2 rings (SSSR count). The van der Waals surface area contributed by atoms with Crippen LogP contribution in [0.4, 0.5) is 0 Å². The van der Waals surface area contributed by atoms with Gasteiger partial charge in [-0.2, -0.15) is 0 Å². The summed E-state index contributed by atoms with van der Waals surface area (Å²) in [5, 5.41) is 1.89. The molecule has 104 valence electrons. The van der Waals surface area contributed by atoms with Crippen molar-refractivity contribution in [1.82, 2.24) is 0 Å². The number of Topliss-reactive ketones (excluding diaryl/α,β-unsaturated/α-hetero) is 1. The first-order valence-electron chi connectivity index (χ1n) is 6.89.